The van der Waals surface area contributed by atoms with E-state index in [1.165, 1.54) is 29.4 Å². The van der Waals surface area contributed by atoms with Gasteiger partial charge in [0, 0.05) is 22.5 Å². The summed E-state index contributed by atoms with van der Waals surface area (Å²) in [5, 5.41) is 16.2. The Balaban J connectivity index is 1.49. The minimum absolute atomic E-state index is 0.0953. The molecule has 9 nitrogen and oxygen atoms in total. The fraction of sp³-hybridized carbons (Fsp3) is 0.231. The maximum absolute atomic E-state index is 13.5. The third-order valence-electron chi connectivity index (χ3n) is 6.28. The maximum Gasteiger partial charge on any atom is 0.287 e. The van der Waals surface area contributed by atoms with E-state index in [9.17, 15) is 14.9 Å². The van der Waals surface area contributed by atoms with Crippen LogP contribution in [0.4, 0.5) is 5.69 Å². The second-order valence-electron chi connectivity index (χ2n) is 8.86. The molecule has 2 aromatic carbocycles. The second kappa shape index (κ2) is 11.2. The van der Waals surface area contributed by atoms with Crippen molar-refractivity contribution >= 4 is 61.9 Å². The van der Waals surface area contributed by atoms with E-state index in [1.54, 1.807) is 18.2 Å². The molecule has 0 radical (unpaired) electrons. The summed E-state index contributed by atoms with van der Waals surface area (Å²) in [5.41, 5.74) is 0.756. The van der Waals surface area contributed by atoms with Gasteiger partial charge < -0.3 is 4.74 Å². The Bertz CT molecular complexity index is 1600. The van der Waals surface area contributed by atoms with Crippen LogP contribution in [0, 0.1) is 10.1 Å². The van der Waals surface area contributed by atoms with Gasteiger partial charge in [-0.05, 0) is 48.7 Å². The first-order chi connectivity index (χ1) is 18.3. The van der Waals surface area contributed by atoms with Crippen molar-refractivity contribution in [1.29, 1.82) is 0 Å². The molecule has 1 fully saturated rings. The molecule has 0 unspecified atom stereocenters. The summed E-state index contributed by atoms with van der Waals surface area (Å²) in [6.45, 7) is 0. The first-order valence-electron chi connectivity index (χ1n) is 11.8. The highest BCUT2D eigenvalue weighted by Crippen LogP contribution is 2.37. The van der Waals surface area contributed by atoms with E-state index >= 15 is 0 Å². The highest BCUT2D eigenvalue weighted by Gasteiger charge is 2.22. The van der Waals surface area contributed by atoms with Gasteiger partial charge in [0.15, 0.2) is 5.75 Å². The molecule has 0 aliphatic heterocycles. The topological polar surface area (TPSA) is 113 Å². The number of nitrogens with zero attached hydrogens (tertiary/aromatic N) is 5. The number of ether oxygens (including phenoxy) is 1. The maximum atomic E-state index is 13.5. The van der Waals surface area contributed by atoms with Crippen LogP contribution in [0.1, 0.15) is 49.4 Å². The van der Waals surface area contributed by atoms with Gasteiger partial charge in [-0.2, -0.15) is 9.78 Å². The third-order valence-corrected chi connectivity index (χ3v) is 7.34. The van der Waals surface area contributed by atoms with Crippen LogP contribution >= 0.6 is 39.1 Å². The van der Waals surface area contributed by atoms with Crippen LogP contribution in [0.15, 0.2) is 63.0 Å². The average Bonchev–Trinajstić information content (AvgIpc) is 2.91. The largest absolute Gasteiger partial charge is 0.436 e. The fourth-order valence-electron chi connectivity index (χ4n) is 4.42. The molecule has 0 bridgehead atoms. The van der Waals surface area contributed by atoms with E-state index in [-0.39, 0.29) is 38.8 Å². The minimum Gasteiger partial charge on any atom is -0.436 e. The second-order valence-corrected chi connectivity index (χ2v) is 10.6. The lowest BCUT2D eigenvalue weighted by molar-refractivity contribution is -0.385. The van der Waals surface area contributed by atoms with Gasteiger partial charge in [-0.3, -0.25) is 14.9 Å². The number of halogens is 3. The van der Waals surface area contributed by atoms with E-state index in [1.807, 2.05) is 12.1 Å². The third kappa shape index (κ3) is 5.57. The van der Waals surface area contributed by atoms with Crippen LogP contribution in [0.25, 0.3) is 10.9 Å². The molecule has 5 rings (SSSR count). The number of hydrogen-bond acceptors (Lipinski definition) is 7. The first-order valence-corrected chi connectivity index (χ1v) is 13.4. The Morgan fingerprint density at radius 2 is 1.84 bits per heavy atom. The molecule has 38 heavy (non-hydrogen) atoms. The number of nitro groups is 1. The van der Waals surface area contributed by atoms with E-state index in [0.717, 1.165) is 36.4 Å². The lowest BCUT2D eigenvalue weighted by atomic mass is 9.88. The molecule has 194 valence electrons. The average molecular weight is 617 g/mol. The monoisotopic (exact) mass is 615 g/mol. The molecule has 12 heteroatoms. The fourth-order valence-corrected chi connectivity index (χ4v) is 5.37. The molecule has 0 atom stereocenters. The molecule has 2 heterocycles. The van der Waals surface area contributed by atoms with Crippen LogP contribution in [0.2, 0.25) is 10.0 Å². The quantitative estimate of drug-likeness (QED) is 0.126. The van der Waals surface area contributed by atoms with Gasteiger partial charge in [-0.1, -0.05) is 58.4 Å². The van der Waals surface area contributed by atoms with Crippen molar-refractivity contribution in [3.8, 4) is 11.6 Å². The van der Waals surface area contributed by atoms with Gasteiger partial charge in [0.1, 0.15) is 12.0 Å². The number of aromatic nitrogens is 3. The van der Waals surface area contributed by atoms with E-state index in [2.05, 4.69) is 26.0 Å². The molecular formula is C26H20BrCl2N5O4. The zero-order valence-electron chi connectivity index (χ0n) is 19.8. The molecule has 2 aromatic heterocycles. The van der Waals surface area contributed by atoms with Crippen LogP contribution in [0.5, 0.6) is 11.6 Å². The highest BCUT2D eigenvalue weighted by molar-refractivity contribution is 9.10. The van der Waals surface area contributed by atoms with Crippen LogP contribution in [0.3, 0.4) is 0 Å². The molecule has 0 spiro atoms. The van der Waals surface area contributed by atoms with Crippen molar-refractivity contribution in [3.63, 3.8) is 0 Å². The Hall–Kier alpha value is -3.34. The number of benzene rings is 2. The predicted octanol–water partition coefficient (Wildman–Crippen LogP) is 7.49. The Morgan fingerprint density at radius 1 is 1.11 bits per heavy atom. The molecular weight excluding hydrogens is 597 g/mol. The zero-order valence-corrected chi connectivity index (χ0v) is 22.9. The van der Waals surface area contributed by atoms with Crippen molar-refractivity contribution in [3.05, 3.63) is 95.0 Å². The van der Waals surface area contributed by atoms with Gasteiger partial charge in [0.05, 0.1) is 32.1 Å². The van der Waals surface area contributed by atoms with Gasteiger partial charge in [0.25, 0.3) is 11.2 Å². The summed E-state index contributed by atoms with van der Waals surface area (Å²) in [4.78, 5) is 32.5. The molecule has 1 aliphatic rings. The number of rotatable bonds is 6. The molecule has 0 amide bonds. The minimum atomic E-state index is -0.556. The van der Waals surface area contributed by atoms with Crippen molar-refractivity contribution in [2.75, 3.05) is 0 Å². The number of fused-ring (bicyclic) bond motifs is 1. The summed E-state index contributed by atoms with van der Waals surface area (Å²) in [6, 6.07) is 11.2. The van der Waals surface area contributed by atoms with Gasteiger partial charge in [-0.25, -0.2) is 9.97 Å². The van der Waals surface area contributed by atoms with Crippen molar-refractivity contribution < 1.29 is 9.66 Å². The normalized spacial score (nSPS) is 14.3. The Kier molecular flexibility index (Phi) is 7.73. The molecule has 0 saturated heterocycles. The van der Waals surface area contributed by atoms with E-state index in [4.69, 9.17) is 32.9 Å². The lowest BCUT2D eigenvalue weighted by Crippen LogP contribution is -2.25. The Morgan fingerprint density at radius 3 is 2.50 bits per heavy atom. The van der Waals surface area contributed by atoms with Crippen molar-refractivity contribution in [2.24, 2.45) is 5.10 Å². The standard InChI is InChI=1S/C26H20BrCl2N5O4/c27-17-6-8-22-19(12-17)26(35)33(25(32-22)16-4-2-1-3-5-16)31-13-15-10-20(28)24(21(29)11-15)38-23-9-7-18(14-30-23)34(36)37/h6-14,16H,1-5H2. The first kappa shape index (κ1) is 26.3. The molecule has 1 saturated carbocycles. The van der Waals surface area contributed by atoms with Crippen LogP contribution in [-0.2, 0) is 0 Å². The van der Waals surface area contributed by atoms with Crippen LogP contribution < -0.4 is 10.3 Å². The summed E-state index contributed by atoms with van der Waals surface area (Å²) >= 11 is 16.3. The van der Waals surface area contributed by atoms with Gasteiger partial charge >= 0.3 is 0 Å². The highest BCUT2D eigenvalue weighted by atomic mass is 79.9. The summed E-state index contributed by atoms with van der Waals surface area (Å²) in [5.74, 6) is 1.02. The van der Waals surface area contributed by atoms with Gasteiger partial charge in [0.2, 0.25) is 5.88 Å². The molecule has 4 aromatic rings. The molecule has 1 aliphatic carbocycles. The number of pyridine rings is 1. The zero-order chi connectivity index (χ0) is 26.8. The lowest BCUT2D eigenvalue weighted by Gasteiger charge is -2.22. The number of hydrogen-bond donors (Lipinski definition) is 0. The Labute approximate surface area is 235 Å². The van der Waals surface area contributed by atoms with Crippen molar-refractivity contribution in [1.82, 2.24) is 14.6 Å². The van der Waals surface area contributed by atoms with Crippen molar-refractivity contribution in [2.45, 2.75) is 38.0 Å². The van der Waals surface area contributed by atoms with Gasteiger partial charge in [-0.15, -0.1) is 0 Å². The smallest absolute Gasteiger partial charge is 0.287 e. The van der Waals surface area contributed by atoms with Crippen LogP contribution in [-0.4, -0.2) is 25.8 Å². The van der Waals surface area contributed by atoms with E-state index in [0.29, 0.717) is 22.3 Å². The summed E-state index contributed by atoms with van der Waals surface area (Å²) in [6.07, 6.45) is 7.82. The summed E-state index contributed by atoms with van der Waals surface area (Å²) < 4.78 is 7.81. The SMILES string of the molecule is O=c1c2cc(Br)ccc2nc(C2CCCCC2)n1N=Cc1cc(Cl)c(Oc2ccc([N+](=O)[O-])cn2)c(Cl)c1. The molecule has 0 N–H and O–H groups in total. The predicted molar refractivity (Wildman–Crippen MR) is 150 cm³/mol. The van der Waals surface area contributed by atoms with E-state index < -0.39 is 4.92 Å². The summed E-state index contributed by atoms with van der Waals surface area (Å²) in [7, 11) is 0.